The van der Waals surface area contributed by atoms with Crippen molar-refractivity contribution >= 4 is 21.6 Å². The number of rotatable bonds is 7. The summed E-state index contributed by atoms with van der Waals surface area (Å²) in [6, 6.07) is 14.0. The molecule has 2 aromatic carbocycles. The number of sulfonamides is 1. The highest BCUT2D eigenvalue weighted by Gasteiger charge is 2.32. The van der Waals surface area contributed by atoms with Crippen molar-refractivity contribution in [2.45, 2.75) is 24.7 Å². The first kappa shape index (κ1) is 21.1. The maximum Gasteiger partial charge on any atom is 0.243 e. The number of anilines is 1. The van der Waals surface area contributed by atoms with Gasteiger partial charge in [0, 0.05) is 30.8 Å². The number of hydrogen-bond acceptors (Lipinski definition) is 4. The first-order valence-corrected chi connectivity index (χ1v) is 11.1. The zero-order valence-electron chi connectivity index (χ0n) is 16.5. The minimum absolute atomic E-state index is 0.0988. The summed E-state index contributed by atoms with van der Waals surface area (Å²) in [7, 11) is -3.52. The lowest BCUT2D eigenvalue weighted by atomic mass is 9.97. The van der Waals surface area contributed by atoms with Crippen LogP contribution < -0.4 is 10.1 Å². The molecule has 1 aliphatic rings. The topological polar surface area (TPSA) is 75.7 Å². The molecular formula is C22H26N2O4S. The largest absolute Gasteiger partial charge is 0.489 e. The number of piperidine rings is 1. The normalized spacial score (nSPS) is 15.6. The molecule has 29 heavy (non-hydrogen) atoms. The zero-order chi connectivity index (χ0) is 20.9. The first-order valence-electron chi connectivity index (χ1n) is 9.61. The smallest absolute Gasteiger partial charge is 0.243 e. The Balaban J connectivity index is 1.58. The van der Waals surface area contributed by atoms with Gasteiger partial charge in [0.25, 0.3) is 0 Å². The molecule has 0 spiro atoms. The van der Waals surface area contributed by atoms with Gasteiger partial charge in [-0.3, -0.25) is 4.79 Å². The fourth-order valence-electron chi connectivity index (χ4n) is 3.28. The molecule has 0 radical (unpaired) electrons. The van der Waals surface area contributed by atoms with Crippen molar-refractivity contribution in [2.24, 2.45) is 5.92 Å². The minimum Gasteiger partial charge on any atom is -0.489 e. The molecule has 0 aromatic heterocycles. The Hall–Kier alpha value is -2.64. The summed E-state index contributed by atoms with van der Waals surface area (Å²) in [5, 5.41) is 2.91. The van der Waals surface area contributed by atoms with Crippen LogP contribution in [0.25, 0.3) is 0 Å². The number of benzene rings is 2. The molecule has 1 saturated heterocycles. The van der Waals surface area contributed by atoms with E-state index in [1.165, 1.54) is 4.31 Å². The fraction of sp³-hybridized carbons (Fsp3) is 0.318. The molecule has 1 amide bonds. The number of ether oxygens (including phenoxy) is 1. The minimum atomic E-state index is -3.52. The second-order valence-corrected chi connectivity index (χ2v) is 9.05. The van der Waals surface area contributed by atoms with Gasteiger partial charge in [0.2, 0.25) is 15.9 Å². The predicted octanol–water partition coefficient (Wildman–Crippen LogP) is 3.60. The van der Waals surface area contributed by atoms with Gasteiger partial charge < -0.3 is 10.1 Å². The number of hydrogen-bond donors (Lipinski definition) is 1. The summed E-state index contributed by atoms with van der Waals surface area (Å²) < 4.78 is 32.5. The van der Waals surface area contributed by atoms with Crippen LogP contribution in [0.1, 0.15) is 18.4 Å². The van der Waals surface area contributed by atoms with Gasteiger partial charge in [0.1, 0.15) is 12.4 Å². The van der Waals surface area contributed by atoms with E-state index in [4.69, 9.17) is 4.74 Å². The molecule has 154 valence electrons. The van der Waals surface area contributed by atoms with Crippen molar-refractivity contribution in [3.63, 3.8) is 0 Å². The third-order valence-corrected chi connectivity index (χ3v) is 6.87. The van der Waals surface area contributed by atoms with E-state index in [0.29, 0.717) is 48.9 Å². The summed E-state index contributed by atoms with van der Waals surface area (Å²) in [5.74, 6) is 0.331. The van der Waals surface area contributed by atoms with Crippen molar-refractivity contribution in [3.05, 3.63) is 66.7 Å². The third-order valence-electron chi connectivity index (χ3n) is 4.95. The van der Waals surface area contributed by atoms with Gasteiger partial charge in [-0.1, -0.05) is 36.4 Å². The summed E-state index contributed by atoms with van der Waals surface area (Å²) in [4.78, 5) is 12.9. The summed E-state index contributed by atoms with van der Waals surface area (Å²) in [5.41, 5.74) is 1.67. The van der Waals surface area contributed by atoms with Crippen LogP contribution in [0, 0.1) is 12.8 Å². The van der Waals surface area contributed by atoms with Crippen LogP contribution in [0.4, 0.5) is 5.69 Å². The Bertz CT molecular complexity index is 963. The van der Waals surface area contributed by atoms with Crippen molar-refractivity contribution < 1.29 is 17.9 Å². The van der Waals surface area contributed by atoms with Gasteiger partial charge in [-0.2, -0.15) is 4.31 Å². The molecule has 0 atom stereocenters. The number of nitrogens with zero attached hydrogens (tertiary/aromatic N) is 1. The molecule has 0 unspecified atom stereocenters. The van der Waals surface area contributed by atoms with E-state index in [9.17, 15) is 13.2 Å². The molecule has 0 bridgehead atoms. The lowest BCUT2D eigenvalue weighted by molar-refractivity contribution is -0.120. The van der Waals surface area contributed by atoms with Crippen LogP contribution in [0.2, 0.25) is 0 Å². The van der Waals surface area contributed by atoms with Gasteiger partial charge in [-0.25, -0.2) is 8.42 Å². The van der Waals surface area contributed by atoms with Crippen LogP contribution in [0.3, 0.4) is 0 Å². The molecule has 7 heteroatoms. The van der Waals surface area contributed by atoms with E-state index >= 15 is 0 Å². The molecule has 1 heterocycles. The van der Waals surface area contributed by atoms with E-state index in [1.54, 1.807) is 42.5 Å². The van der Waals surface area contributed by atoms with Gasteiger partial charge in [0.15, 0.2) is 0 Å². The monoisotopic (exact) mass is 414 g/mol. The second kappa shape index (κ2) is 9.24. The van der Waals surface area contributed by atoms with Crippen LogP contribution in [-0.2, 0) is 14.8 Å². The molecule has 3 rings (SSSR count). The highest BCUT2D eigenvalue weighted by Crippen LogP contribution is 2.26. The molecule has 0 saturated carbocycles. The van der Waals surface area contributed by atoms with Crippen LogP contribution in [0.15, 0.2) is 66.1 Å². The zero-order valence-corrected chi connectivity index (χ0v) is 17.3. The SMILES string of the molecule is C=CCOc1cccc(NC(=O)C2CCN(S(=O)(=O)c3ccc(C)cc3)CC2)c1. The van der Waals surface area contributed by atoms with E-state index in [2.05, 4.69) is 11.9 Å². The highest BCUT2D eigenvalue weighted by molar-refractivity contribution is 7.89. The van der Waals surface area contributed by atoms with E-state index in [-0.39, 0.29) is 11.8 Å². The Morgan fingerprint density at radius 3 is 2.55 bits per heavy atom. The molecule has 6 nitrogen and oxygen atoms in total. The van der Waals surface area contributed by atoms with E-state index in [0.717, 1.165) is 5.56 Å². The molecule has 2 aromatic rings. The number of aryl methyl sites for hydroxylation is 1. The molecular weight excluding hydrogens is 388 g/mol. The van der Waals surface area contributed by atoms with Gasteiger partial charge in [0.05, 0.1) is 4.90 Å². The quantitative estimate of drug-likeness (QED) is 0.703. The average molecular weight is 415 g/mol. The van der Waals surface area contributed by atoms with Crippen molar-refractivity contribution in [3.8, 4) is 5.75 Å². The summed E-state index contributed by atoms with van der Waals surface area (Å²) in [6.45, 7) is 6.59. The Morgan fingerprint density at radius 2 is 1.90 bits per heavy atom. The maximum absolute atomic E-state index is 12.8. The maximum atomic E-state index is 12.8. The predicted molar refractivity (Wildman–Crippen MR) is 113 cm³/mol. The van der Waals surface area contributed by atoms with Crippen LogP contribution >= 0.6 is 0 Å². The standard InChI is InChI=1S/C22H26N2O4S/c1-3-15-28-20-6-4-5-19(16-20)23-22(25)18-11-13-24(14-12-18)29(26,27)21-9-7-17(2)8-10-21/h3-10,16,18H,1,11-15H2,2H3,(H,23,25). The van der Waals surface area contributed by atoms with Crippen molar-refractivity contribution in [1.29, 1.82) is 0 Å². The molecule has 1 N–H and O–H groups in total. The number of amides is 1. The molecule has 1 aliphatic heterocycles. The second-order valence-electron chi connectivity index (χ2n) is 7.11. The number of carbonyl (C=O) groups is 1. The molecule has 0 aliphatic carbocycles. The highest BCUT2D eigenvalue weighted by atomic mass is 32.2. The number of nitrogens with one attached hydrogen (secondary N) is 1. The van der Waals surface area contributed by atoms with Gasteiger partial charge >= 0.3 is 0 Å². The lowest BCUT2D eigenvalue weighted by Crippen LogP contribution is -2.41. The summed E-state index contributed by atoms with van der Waals surface area (Å²) >= 11 is 0. The Labute approximate surface area is 172 Å². The Morgan fingerprint density at radius 1 is 1.21 bits per heavy atom. The van der Waals surface area contributed by atoms with Crippen molar-refractivity contribution in [1.82, 2.24) is 4.31 Å². The molecule has 1 fully saturated rings. The van der Waals surface area contributed by atoms with Gasteiger partial charge in [-0.15, -0.1) is 0 Å². The first-order chi connectivity index (χ1) is 13.9. The average Bonchev–Trinajstić information content (AvgIpc) is 2.73. The summed E-state index contributed by atoms with van der Waals surface area (Å²) in [6.07, 6.45) is 2.64. The lowest BCUT2D eigenvalue weighted by Gasteiger charge is -2.30. The fourth-order valence-corrected chi connectivity index (χ4v) is 4.75. The van der Waals surface area contributed by atoms with E-state index < -0.39 is 10.0 Å². The Kier molecular flexibility index (Phi) is 6.71. The van der Waals surface area contributed by atoms with Crippen molar-refractivity contribution in [2.75, 3.05) is 25.0 Å². The van der Waals surface area contributed by atoms with E-state index in [1.807, 2.05) is 19.1 Å². The number of carbonyl (C=O) groups excluding carboxylic acids is 1. The van der Waals surface area contributed by atoms with Gasteiger partial charge in [-0.05, 0) is 44.0 Å². The van der Waals surface area contributed by atoms with Crippen LogP contribution in [-0.4, -0.2) is 38.3 Å². The van der Waals surface area contributed by atoms with Crippen LogP contribution in [0.5, 0.6) is 5.75 Å². The third kappa shape index (κ3) is 5.25.